The summed E-state index contributed by atoms with van der Waals surface area (Å²) in [5.74, 6) is 0.764. The molecule has 21 heavy (non-hydrogen) atoms. The van der Waals surface area contributed by atoms with Crippen LogP contribution in [-0.2, 0) is 9.47 Å². The van der Waals surface area contributed by atoms with Crippen LogP contribution < -0.4 is 10.6 Å². The number of carbonyl (C=O) groups excluding carboxylic acids is 1. The number of carbonyl (C=O) groups is 1. The standard InChI is InChI=1S/C15H23N3O3/c1-15(2,3)21-14(19)18-11-6-7-13(16-9-11)17-10-12-5-4-8-20-12/h6-7,9,12H,4-5,8,10H2,1-3H3,(H,16,17)(H,18,19). The van der Waals surface area contributed by atoms with Gasteiger partial charge in [0.15, 0.2) is 0 Å². The summed E-state index contributed by atoms with van der Waals surface area (Å²) in [5.41, 5.74) is 0.0900. The third kappa shape index (κ3) is 5.59. The number of ether oxygens (including phenoxy) is 2. The summed E-state index contributed by atoms with van der Waals surface area (Å²) < 4.78 is 10.7. The van der Waals surface area contributed by atoms with E-state index in [1.165, 1.54) is 0 Å². The van der Waals surface area contributed by atoms with Crippen LogP contribution in [0, 0.1) is 0 Å². The van der Waals surface area contributed by atoms with Crippen molar-refractivity contribution >= 4 is 17.6 Å². The summed E-state index contributed by atoms with van der Waals surface area (Å²) >= 11 is 0. The molecule has 1 atom stereocenters. The summed E-state index contributed by atoms with van der Waals surface area (Å²) in [6.07, 6.45) is 3.60. The first kappa shape index (κ1) is 15.6. The predicted molar refractivity (Wildman–Crippen MR) is 81.6 cm³/mol. The number of pyridine rings is 1. The van der Waals surface area contributed by atoms with Crippen LogP contribution in [0.15, 0.2) is 18.3 Å². The van der Waals surface area contributed by atoms with E-state index in [1.54, 1.807) is 12.3 Å². The van der Waals surface area contributed by atoms with Gasteiger partial charge >= 0.3 is 6.09 Å². The molecule has 1 saturated heterocycles. The number of nitrogens with zero attached hydrogens (tertiary/aromatic N) is 1. The maximum absolute atomic E-state index is 11.6. The lowest BCUT2D eigenvalue weighted by Crippen LogP contribution is -2.27. The molecule has 1 aliphatic rings. The van der Waals surface area contributed by atoms with Gasteiger partial charge in [-0.05, 0) is 45.7 Å². The van der Waals surface area contributed by atoms with E-state index in [-0.39, 0.29) is 6.10 Å². The quantitative estimate of drug-likeness (QED) is 0.892. The summed E-state index contributed by atoms with van der Waals surface area (Å²) in [6, 6.07) is 3.61. The lowest BCUT2D eigenvalue weighted by atomic mass is 10.2. The number of hydrogen-bond acceptors (Lipinski definition) is 5. The maximum atomic E-state index is 11.6. The molecule has 2 N–H and O–H groups in total. The van der Waals surface area contributed by atoms with Gasteiger partial charge in [0, 0.05) is 13.2 Å². The molecule has 1 amide bonds. The summed E-state index contributed by atoms with van der Waals surface area (Å²) in [7, 11) is 0. The molecule has 0 aliphatic carbocycles. The van der Waals surface area contributed by atoms with Crippen molar-refractivity contribution in [1.29, 1.82) is 0 Å². The molecule has 0 radical (unpaired) electrons. The molecule has 0 saturated carbocycles. The first-order valence-electron chi connectivity index (χ1n) is 7.24. The Balaban J connectivity index is 1.79. The van der Waals surface area contributed by atoms with Crippen molar-refractivity contribution in [1.82, 2.24) is 4.98 Å². The van der Waals surface area contributed by atoms with Crippen molar-refractivity contribution in [3.8, 4) is 0 Å². The Morgan fingerprint density at radius 2 is 2.29 bits per heavy atom. The van der Waals surface area contributed by atoms with Crippen LogP contribution in [0.2, 0.25) is 0 Å². The minimum atomic E-state index is -0.514. The molecule has 116 valence electrons. The zero-order valence-corrected chi connectivity index (χ0v) is 12.8. The molecule has 6 nitrogen and oxygen atoms in total. The van der Waals surface area contributed by atoms with Crippen LogP contribution in [0.25, 0.3) is 0 Å². The lowest BCUT2D eigenvalue weighted by molar-refractivity contribution is 0.0636. The van der Waals surface area contributed by atoms with Crippen LogP contribution in [0.5, 0.6) is 0 Å². The summed E-state index contributed by atoms with van der Waals surface area (Å²) in [6.45, 7) is 7.07. The zero-order valence-electron chi connectivity index (χ0n) is 12.8. The Bertz CT molecular complexity index is 462. The summed E-state index contributed by atoms with van der Waals surface area (Å²) in [5, 5.41) is 5.87. The second kappa shape index (κ2) is 6.76. The highest BCUT2D eigenvalue weighted by Gasteiger charge is 2.17. The molecule has 0 aromatic carbocycles. The third-order valence-electron chi connectivity index (χ3n) is 2.94. The van der Waals surface area contributed by atoms with Gasteiger partial charge in [-0.15, -0.1) is 0 Å². The van der Waals surface area contributed by atoms with Crippen molar-refractivity contribution in [2.45, 2.75) is 45.3 Å². The highest BCUT2D eigenvalue weighted by Crippen LogP contribution is 2.15. The number of anilines is 2. The highest BCUT2D eigenvalue weighted by molar-refractivity contribution is 5.84. The van der Waals surface area contributed by atoms with E-state index < -0.39 is 11.7 Å². The Labute approximate surface area is 125 Å². The largest absolute Gasteiger partial charge is 0.444 e. The molecular formula is C15H23N3O3. The Morgan fingerprint density at radius 1 is 1.48 bits per heavy atom. The maximum Gasteiger partial charge on any atom is 0.412 e. The molecule has 6 heteroatoms. The van der Waals surface area contributed by atoms with Crippen LogP contribution in [0.3, 0.4) is 0 Å². The van der Waals surface area contributed by atoms with Crippen LogP contribution >= 0.6 is 0 Å². The third-order valence-corrected chi connectivity index (χ3v) is 2.94. The van der Waals surface area contributed by atoms with Gasteiger partial charge in [-0.1, -0.05) is 0 Å². The van der Waals surface area contributed by atoms with Crippen molar-refractivity contribution in [3.63, 3.8) is 0 Å². The van der Waals surface area contributed by atoms with Gasteiger partial charge in [0.2, 0.25) is 0 Å². The van der Waals surface area contributed by atoms with Gasteiger partial charge < -0.3 is 14.8 Å². The van der Waals surface area contributed by atoms with Gasteiger partial charge in [0.25, 0.3) is 0 Å². The van der Waals surface area contributed by atoms with E-state index in [1.807, 2.05) is 26.8 Å². The second-order valence-electron chi connectivity index (χ2n) is 6.07. The molecule has 1 aliphatic heterocycles. The van der Waals surface area contributed by atoms with E-state index in [4.69, 9.17) is 9.47 Å². The minimum Gasteiger partial charge on any atom is -0.444 e. The van der Waals surface area contributed by atoms with Crippen LogP contribution in [0.4, 0.5) is 16.3 Å². The van der Waals surface area contributed by atoms with Gasteiger partial charge in [-0.2, -0.15) is 0 Å². The van der Waals surface area contributed by atoms with E-state index >= 15 is 0 Å². The number of aromatic nitrogens is 1. The molecule has 1 fully saturated rings. The fraction of sp³-hybridized carbons (Fsp3) is 0.600. The predicted octanol–water partition coefficient (Wildman–Crippen LogP) is 3.02. The molecule has 2 rings (SSSR count). The molecule has 0 bridgehead atoms. The molecule has 1 aromatic heterocycles. The monoisotopic (exact) mass is 293 g/mol. The normalized spacial score (nSPS) is 18.3. The number of rotatable bonds is 4. The molecule has 1 aromatic rings. The van der Waals surface area contributed by atoms with E-state index in [0.29, 0.717) is 5.69 Å². The average molecular weight is 293 g/mol. The molecule has 2 heterocycles. The first-order chi connectivity index (χ1) is 9.92. The Kier molecular flexibility index (Phi) is 5.01. The Morgan fingerprint density at radius 3 is 2.86 bits per heavy atom. The van der Waals surface area contributed by atoms with Gasteiger partial charge in [0.05, 0.1) is 18.0 Å². The van der Waals surface area contributed by atoms with Crippen molar-refractivity contribution in [3.05, 3.63) is 18.3 Å². The lowest BCUT2D eigenvalue weighted by Gasteiger charge is -2.19. The van der Waals surface area contributed by atoms with Crippen molar-refractivity contribution in [2.24, 2.45) is 0 Å². The smallest absolute Gasteiger partial charge is 0.412 e. The van der Waals surface area contributed by atoms with Crippen LogP contribution in [-0.4, -0.2) is 35.9 Å². The van der Waals surface area contributed by atoms with Gasteiger partial charge in [-0.3, -0.25) is 5.32 Å². The van der Waals surface area contributed by atoms with E-state index in [9.17, 15) is 4.79 Å². The van der Waals surface area contributed by atoms with E-state index in [0.717, 1.165) is 31.8 Å². The average Bonchev–Trinajstić information content (AvgIpc) is 2.89. The molecule has 0 spiro atoms. The van der Waals surface area contributed by atoms with Crippen LogP contribution in [0.1, 0.15) is 33.6 Å². The number of amides is 1. The summed E-state index contributed by atoms with van der Waals surface area (Å²) in [4.78, 5) is 15.9. The highest BCUT2D eigenvalue weighted by atomic mass is 16.6. The fourth-order valence-electron chi connectivity index (χ4n) is 2.02. The number of hydrogen-bond donors (Lipinski definition) is 2. The second-order valence-corrected chi connectivity index (χ2v) is 6.07. The van der Waals surface area contributed by atoms with Crippen molar-refractivity contribution in [2.75, 3.05) is 23.8 Å². The fourth-order valence-corrected chi connectivity index (χ4v) is 2.02. The molecule has 1 unspecified atom stereocenters. The Hall–Kier alpha value is -1.82. The first-order valence-corrected chi connectivity index (χ1v) is 7.24. The number of nitrogens with one attached hydrogen (secondary N) is 2. The zero-order chi connectivity index (χ0) is 15.3. The molecular weight excluding hydrogens is 270 g/mol. The minimum absolute atomic E-state index is 0.270. The topological polar surface area (TPSA) is 72.5 Å². The SMILES string of the molecule is CC(C)(C)OC(=O)Nc1ccc(NCC2CCCO2)nc1. The van der Waals surface area contributed by atoms with E-state index in [2.05, 4.69) is 15.6 Å². The van der Waals surface area contributed by atoms with Gasteiger partial charge in [-0.25, -0.2) is 9.78 Å². The van der Waals surface area contributed by atoms with Gasteiger partial charge in [0.1, 0.15) is 11.4 Å². The van der Waals surface area contributed by atoms with Crippen molar-refractivity contribution < 1.29 is 14.3 Å².